The topological polar surface area (TPSA) is 35.6 Å². The predicted octanol–water partition coefficient (Wildman–Crippen LogP) is 2.34. The van der Waals surface area contributed by atoms with Crippen LogP contribution in [0, 0.1) is 13.8 Å². The summed E-state index contributed by atoms with van der Waals surface area (Å²) in [6, 6.07) is 6.90. The number of carbonyl (C=O) groups is 1. The van der Waals surface area contributed by atoms with Gasteiger partial charge in [0, 0.05) is 50.9 Å². The summed E-state index contributed by atoms with van der Waals surface area (Å²) in [5, 5.41) is 3.31. The lowest BCUT2D eigenvalue weighted by molar-refractivity contribution is -0.131. The molecule has 22 heavy (non-hydrogen) atoms. The third-order valence-electron chi connectivity index (χ3n) is 4.44. The van der Waals surface area contributed by atoms with Crippen LogP contribution in [0.2, 0.25) is 0 Å². The molecular weight excluding hydrogens is 274 g/mol. The Morgan fingerprint density at radius 3 is 2.50 bits per heavy atom. The van der Waals surface area contributed by atoms with Crippen LogP contribution < -0.4 is 10.2 Å². The van der Waals surface area contributed by atoms with Crippen molar-refractivity contribution in [2.45, 2.75) is 40.2 Å². The van der Waals surface area contributed by atoms with Crippen molar-refractivity contribution >= 4 is 11.6 Å². The van der Waals surface area contributed by atoms with Crippen LogP contribution >= 0.6 is 0 Å². The lowest BCUT2D eigenvalue weighted by atomic mass is 10.1. The fraction of sp³-hybridized carbons (Fsp3) is 0.611. The maximum Gasteiger partial charge on any atom is 0.223 e. The second kappa shape index (κ2) is 7.63. The highest BCUT2D eigenvalue weighted by Gasteiger charge is 2.21. The van der Waals surface area contributed by atoms with Gasteiger partial charge in [-0.3, -0.25) is 4.79 Å². The molecule has 1 aromatic carbocycles. The van der Waals surface area contributed by atoms with Crippen molar-refractivity contribution in [1.82, 2.24) is 10.2 Å². The summed E-state index contributed by atoms with van der Waals surface area (Å²) >= 11 is 0. The number of amides is 1. The van der Waals surface area contributed by atoms with E-state index >= 15 is 0 Å². The van der Waals surface area contributed by atoms with Crippen molar-refractivity contribution in [2.75, 3.05) is 37.6 Å². The fourth-order valence-electron chi connectivity index (χ4n) is 2.90. The summed E-state index contributed by atoms with van der Waals surface area (Å²) < 4.78 is 0. The lowest BCUT2D eigenvalue weighted by Crippen LogP contribution is -2.49. The van der Waals surface area contributed by atoms with Crippen molar-refractivity contribution in [3.63, 3.8) is 0 Å². The zero-order valence-electron chi connectivity index (χ0n) is 14.4. The largest absolute Gasteiger partial charge is 0.368 e. The van der Waals surface area contributed by atoms with Crippen LogP contribution in [0.4, 0.5) is 5.69 Å². The van der Waals surface area contributed by atoms with Gasteiger partial charge in [-0.25, -0.2) is 0 Å². The van der Waals surface area contributed by atoms with E-state index in [4.69, 9.17) is 0 Å². The zero-order valence-corrected chi connectivity index (χ0v) is 14.4. The third kappa shape index (κ3) is 4.23. The van der Waals surface area contributed by atoms with Gasteiger partial charge in [0.2, 0.25) is 5.91 Å². The van der Waals surface area contributed by atoms with Crippen molar-refractivity contribution in [2.24, 2.45) is 0 Å². The monoisotopic (exact) mass is 303 g/mol. The molecule has 122 valence electrons. The van der Waals surface area contributed by atoms with E-state index in [-0.39, 0.29) is 5.91 Å². The van der Waals surface area contributed by atoms with Crippen LogP contribution in [0.1, 0.15) is 31.4 Å². The maximum absolute atomic E-state index is 12.2. The van der Waals surface area contributed by atoms with Gasteiger partial charge in [-0.05, 0) is 31.0 Å². The Morgan fingerprint density at radius 2 is 1.86 bits per heavy atom. The van der Waals surface area contributed by atoms with Crippen LogP contribution in [0.3, 0.4) is 0 Å². The number of nitrogens with one attached hydrogen (secondary N) is 1. The Balaban J connectivity index is 1.85. The Bertz CT molecular complexity index is 505. The number of hydrogen-bond acceptors (Lipinski definition) is 3. The van der Waals surface area contributed by atoms with Crippen molar-refractivity contribution in [3.05, 3.63) is 29.3 Å². The van der Waals surface area contributed by atoms with E-state index in [1.807, 2.05) is 4.90 Å². The molecule has 0 aliphatic carbocycles. The first-order valence-electron chi connectivity index (χ1n) is 8.31. The van der Waals surface area contributed by atoms with Crippen molar-refractivity contribution < 1.29 is 4.79 Å². The van der Waals surface area contributed by atoms with Gasteiger partial charge in [0.1, 0.15) is 0 Å². The normalized spacial score (nSPS) is 15.5. The summed E-state index contributed by atoms with van der Waals surface area (Å²) in [6.07, 6.45) is 0.599. The molecule has 0 radical (unpaired) electrons. The van der Waals surface area contributed by atoms with Gasteiger partial charge in [0.15, 0.2) is 0 Å². The first-order chi connectivity index (χ1) is 10.5. The van der Waals surface area contributed by atoms with Crippen LogP contribution in [-0.4, -0.2) is 49.6 Å². The SMILES string of the molecule is Cc1cccc(N2CCN(C(=O)CCNC(C)C)CC2)c1C. The van der Waals surface area contributed by atoms with E-state index in [0.717, 1.165) is 32.7 Å². The molecule has 0 aromatic heterocycles. The Hall–Kier alpha value is -1.55. The number of benzene rings is 1. The predicted molar refractivity (Wildman–Crippen MR) is 92.5 cm³/mol. The zero-order chi connectivity index (χ0) is 16.1. The van der Waals surface area contributed by atoms with Gasteiger partial charge in [-0.1, -0.05) is 26.0 Å². The van der Waals surface area contributed by atoms with E-state index in [2.05, 4.69) is 56.1 Å². The highest BCUT2D eigenvalue weighted by molar-refractivity contribution is 5.76. The molecule has 0 spiro atoms. The Morgan fingerprint density at radius 1 is 1.18 bits per heavy atom. The van der Waals surface area contributed by atoms with Gasteiger partial charge >= 0.3 is 0 Å². The molecular formula is C18H29N3O. The molecule has 0 unspecified atom stereocenters. The van der Waals surface area contributed by atoms with Gasteiger partial charge in [0.25, 0.3) is 0 Å². The van der Waals surface area contributed by atoms with E-state index in [9.17, 15) is 4.79 Å². The molecule has 1 heterocycles. The first-order valence-corrected chi connectivity index (χ1v) is 8.31. The number of carbonyl (C=O) groups excluding carboxylic acids is 1. The summed E-state index contributed by atoms with van der Waals surface area (Å²) in [6.45, 7) is 12.8. The molecule has 4 heteroatoms. The minimum Gasteiger partial charge on any atom is -0.368 e. The Labute approximate surface area is 134 Å². The lowest BCUT2D eigenvalue weighted by Gasteiger charge is -2.37. The number of nitrogens with zero attached hydrogens (tertiary/aromatic N) is 2. The second-order valence-electron chi connectivity index (χ2n) is 6.45. The molecule has 1 aromatic rings. The van der Waals surface area contributed by atoms with Crippen molar-refractivity contribution in [1.29, 1.82) is 0 Å². The molecule has 1 saturated heterocycles. The van der Waals surface area contributed by atoms with Crippen LogP contribution in [0.15, 0.2) is 18.2 Å². The summed E-state index contributed by atoms with van der Waals surface area (Å²) in [7, 11) is 0. The molecule has 2 rings (SSSR count). The van der Waals surface area contributed by atoms with Crippen LogP contribution in [-0.2, 0) is 4.79 Å². The van der Waals surface area contributed by atoms with E-state index < -0.39 is 0 Å². The number of rotatable bonds is 5. The molecule has 1 amide bonds. The van der Waals surface area contributed by atoms with E-state index in [0.29, 0.717) is 12.5 Å². The molecule has 0 saturated carbocycles. The van der Waals surface area contributed by atoms with Gasteiger partial charge in [0.05, 0.1) is 0 Å². The van der Waals surface area contributed by atoms with Crippen LogP contribution in [0.5, 0.6) is 0 Å². The second-order valence-corrected chi connectivity index (χ2v) is 6.45. The Kier molecular flexibility index (Phi) is 5.83. The molecule has 1 fully saturated rings. The average molecular weight is 303 g/mol. The molecule has 1 N–H and O–H groups in total. The van der Waals surface area contributed by atoms with Gasteiger partial charge in [-0.15, -0.1) is 0 Å². The summed E-state index contributed by atoms with van der Waals surface area (Å²) in [4.78, 5) is 16.6. The molecule has 1 aliphatic rings. The van der Waals surface area contributed by atoms with Gasteiger partial charge in [-0.2, -0.15) is 0 Å². The van der Waals surface area contributed by atoms with E-state index in [1.165, 1.54) is 16.8 Å². The molecule has 4 nitrogen and oxygen atoms in total. The molecule has 1 aliphatic heterocycles. The fourth-order valence-corrected chi connectivity index (χ4v) is 2.90. The summed E-state index contributed by atoms with van der Waals surface area (Å²) in [5.41, 5.74) is 3.99. The van der Waals surface area contributed by atoms with E-state index in [1.54, 1.807) is 0 Å². The number of piperazine rings is 1. The van der Waals surface area contributed by atoms with Crippen molar-refractivity contribution in [3.8, 4) is 0 Å². The highest BCUT2D eigenvalue weighted by Crippen LogP contribution is 2.23. The average Bonchev–Trinajstić information content (AvgIpc) is 2.50. The number of anilines is 1. The minimum atomic E-state index is 0.272. The standard InChI is InChI=1S/C18H29N3O/c1-14(2)19-9-8-18(22)21-12-10-20(11-13-21)17-7-5-6-15(3)16(17)4/h5-7,14,19H,8-13H2,1-4H3. The third-order valence-corrected chi connectivity index (χ3v) is 4.44. The summed E-state index contributed by atoms with van der Waals surface area (Å²) in [5.74, 6) is 0.272. The number of hydrogen-bond donors (Lipinski definition) is 1. The smallest absolute Gasteiger partial charge is 0.223 e. The minimum absolute atomic E-state index is 0.272. The quantitative estimate of drug-likeness (QED) is 0.907. The highest BCUT2D eigenvalue weighted by atomic mass is 16.2. The maximum atomic E-state index is 12.2. The molecule has 0 atom stereocenters. The van der Waals surface area contributed by atoms with Crippen LogP contribution in [0.25, 0.3) is 0 Å². The first kappa shape index (κ1) is 16.8. The number of aryl methyl sites for hydroxylation is 1. The van der Waals surface area contributed by atoms with Gasteiger partial charge < -0.3 is 15.1 Å². The molecule has 0 bridgehead atoms.